The average Bonchev–Trinajstić information content (AvgIpc) is 2.97. The topological polar surface area (TPSA) is 67.2 Å². The van der Waals surface area contributed by atoms with E-state index in [0.29, 0.717) is 6.04 Å². The van der Waals surface area contributed by atoms with Gasteiger partial charge >= 0.3 is 0 Å². The third-order valence-electron chi connectivity index (χ3n) is 5.06. The predicted octanol–water partition coefficient (Wildman–Crippen LogP) is 0.380. The third kappa shape index (κ3) is 2.80. The second kappa shape index (κ2) is 5.98. The van der Waals surface area contributed by atoms with Gasteiger partial charge in [-0.25, -0.2) is 0 Å². The number of aromatic nitrogens is 4. The van der Waals surface area contributed by atoms with Gasteiger partial charge in [-0.2, -0.15) is 5.10 Å². The van der Waals surface area contributed by atoms with E-state index in [0.717, 1.165) is 44.0 Å². The molecule has 0 unspecified atom stereocenters. The Labute approximate surface area is 140 Å². The molecule has 0 aromatic carbocycles. The summed E-state index contributed by atoms with van der Waals surface area (Å²) in [6.07, 6.45) is 6.59. The number of likely N-dealkylation sites (N-methyl/N-ethyl adjacent to an activating group) is 1. The van der Waals surface area contributed by atoms with Crippen LogP contribution < -0.4 is 10.5 Å². The fourth-order valence-corrected chi connectivity index (χ4v) is 3.41. The van der Waals surface area contributed by atoms with Gasteiger partial charge in [0.2, 0.25) is 0 Å². The van der Waals surface area contributed by atoms with Crippen LogP contribution in [0.25, 0.3) is 0 Å². The van der Waals surface area contributed by atoms with Crippen molar-refractivity contribution in [3.05, 3.63) is 45.8 Å². The van der Waals surface area contributed by atoms with Crippen molar-refractivity contribution >= 4 is 5.82 Å². The summed E-state index contributed by atoms with van der Waals surface area (Å²) in [5.74, 6) is 1.00. The molecule has 0 atom stereocenters. The minimum Gasteiger partial charge on any atom is -0.352 e. The van der Waals surface area contributed by atoms with E-state index in [4.69, 9.17) is 0 Å². The van der Waals surface area contributed by atoms with E-state index in [1.54, 1.807) is 17.8 Å². The molecule has 1 saturated heterocycles. The Morgan fingerprint density at radius 1 is 1.29 bits per heavy atom. The third-order valence-corrected chi connectivity index (χ3v) is 5.06. The van der Waals surface area contributed by atoms with E-state index in [1.165, 1.54) is 23.9 Å². The van der Waals surface area contributed by atoms with Crippen molar-refractivity contribution in [1.29, 1.82) is 0 Å². The lowest BCUT2D eigenvalue weighted by Crippen LogP contribution is -2.58. The molecule has 2 aromatic rings. The quantitative estimate of drug-likeness (QED) is 0.809. The van der Waals surface area contributed by atoms with Crippen LogP contribution in [0.1, 0.15) is 23.4 Å². The van der Waals surface area contributed by atoms with Gasteiger partial charge in [0.15, 0.2) is 5.82 Å². The van der Waals surface area contributed by atoms with Crippen LogP contribution in [-0.4, -0.2) is 50.8 Å². The molecule has 7 nitrogen and oxygen atoms in total. The highest BCUT2D eigenvalue weighted by Gasteiger charge is 2.32. The zero-order valence-corrected chi connectivity index (χ0v) is 14.1. The van der Waals surface area contributed by atoms with Crippen molar-refractivity contribution in [1.82, 2.24) is 24.6 Å². The van der Waals surface area contributed by atoms with E-state index < -0.39 is 0 Å². The Kier molecular flexibility index (Phi) is 3.80. The normalized spacial score (nSPS) is 17.2. The van der Waals surface area contributed by atoms with Gasteiger partial charge in [-0.05, 0) is 37.9 Å². The number of aryl methyl sites for hydroxylation is 3. The fourth-order valence-electron chi connectivity index (χ4n) is 3.41. The molecule has 0 N–H and O–H groups in total. The lowest BCUT2D eigenvalue weighted by Gasteiger charge is -2.44. The number of hydrogen-bond acceptors (Lipinski definition) is 6. The largest absolute Gasteiger partial charge is 0.352 e. The van der Waals surface area contributed by atoms with Crippen molar-refractivity contribution in [2.24, 2.45) is 7.05 Å². The highest BCUT2D eigenvalue weighted by molar-refractivity contribution is 5.45. The summed E-state index contributed by atoms with van der Waals surface area (Å²) < 4.78 is 1.57. The second-order valence-electron chi connectivity index (χ2n) is 6.83. The van der Waals surface area contributed by atoms with Crippen molar-refractivity contribution in [3.63, 3.8) is 0 Å². The summed E-state index contributed by atoms with van der Waals surface area (Å²) >= 11 is 0. The summed E-state index contributed by atoms with van der Waals surface area (Å²) in [4.78, 5) is 20.2. The Morgan fingerprint density at radius 3 is 2.92 bits per heavy atom. The Hall–Kier alpha value is -2.28. The molecule has 1 aliphatic carbocycles. The molecule has 1 aliphatic heterocycles. The standard InChI is InChI=1S/C17H22N6O/c1-21(8-13-9-22(2)17(24)7-18-13)14-10-23(11-14)16-6-12-4-3-5-15(12)19-20-16/h6-7,9,14H,3-5,8,10-11H2,1-2H3. The van der Waals surface area contributed by atoms with Crippen LogP contribution in [0.2, 0.25) is 0 Å². The summed E-state index contributed by atoms with van der Waals surface area (Å²) in [6, 6.07) is 2.68. The van der Waals surface area contributed by atoms with Crippen molar-refractivity contribution in [3.8, 4) is 0 Å². The van der Waals surface area contributed by atoms with Crippen molar-refractivity contribution in [2.45, 2.75) is 31.8 Å². The van der Waals surface area contributed by atoms with Crippen LogP contribution in [0.3, 0.4) is 0 Å². The Balaban J connectivity index is 1.36. The van der Waals surface area contributed by atoms with Gasteiger partial charge in [-0.1, -0.05) is 0 Å². The van der Waals surface area contributed by atoms with Gasteiger partial charge in [0, 0.05) is 38.9 Å². The lowest BCUT2D eigenvalue weighted by atomic mass is 10.1. The number of anilines is 1. The molecule has 2 aliphatic rings. The maximum atomic E-state index is 11.4. The Bertz CT molecular complexity index is 811. The molecule has 0 amide bonds. The van der Waals surface area contributed by atoms with Crippen molar-refractivity contribution in [2.75, 3.05) is 25.0 Å². The molecule has 4 rings (SSSR count). The first-order valence-electron chi connectivity index (χ1n) is 8.42. The molecule has 0 spiro atoms. The molecule has 126 valence electrons. The summed E-state index contributed by atoms with van der Waals surface area (Å²) in [5, 5.41) is 8.75. The van der Waals surface area contributed by atoms with Gasteiger partial charge in [-0.3, -0.25) is 14.7 Å². The molecule has 0 bridgehead atoms. The van der Waals surface area contributed by atoms with E-state index in [2.05, 4.69) is 38.1 Å². The zero-order valence-electron chi connectivity index (χ0n) is 14.1. The first kappa shape index (κ1) is 15.3. The number of fused-ring (bicyclic) bond motifs is 1. The Morgan fingerprint density at radius 2 is 2.12 bits per heavy atom. The van der Waals surface area contributed by atoms with Gasteiger partial charge in [0.1, 0.15) is 0 Å². The predicted molar refractivity (Wildman–Crippen MR) is 91.0 cm³/mol. The molecule has 3 heterocycles. The van der Waals surface area contributed by atoms with Crippen LogP contribution in [0.4, 0.5) is 5.82 Å². The van der Waals surface area contributed by atoms with Crippen LogP contribution in [-0.2, 0) is 26.4 Å². The van der Waals surface area contributed by atoms with Gasteiger partial charge in [0.25, 0.3) is 5.56 Å². The first-order chi connectivity index (χ1) is 11.6. The molecule has 24 heavy (non-hydrogen) atoms. The molecular weight excluding hydrogens is 304 g/mol. The van der Waals surface area contributed by atoms with E-state index >= 15 is 0 Å². The number of rotatable bonds is 4. The minimum absolute atomic E-state index is 0.0774. The molecule has 2 aromatic heterocycles. The van der Waals surface area contributed by atoms with Crippen LogP contribution >= 0.6 is 0 Å². The SMILES string of the molecule is CN(Cc1cn(C)c(=O)cn1)C1CN(c2cc3c(nn2)CCC3)C1. The maximum Gasteiger partial charge on any atom is 0.268 e. The van der Waals surface area contributed by atoms with Crippen LogP contribution in [0, 0.1) is 0 Å². The highest BCUT2D eigenvalue weighted by atomic mass is 16.1. The lowest BCUT2D eigenvalue weighted by molar-refractivity contribution is 0.194. The average molecular weight is 326 g/mol. The van der Waals surface area contributed by atoms with Crippen LogP contribution in [0.5, 0.6) is 0 Å². The molecule has 0 saturated carbocycles. The van der Waals surface area contributed by atoms with E-state index in [-0.39, 0.29) is 5.56 Å². The van der Waals surface area contributed by atoms with Gasteiger partial charge in [-0.15, -0.1) is 5.10 Å². The minimum atomic E-state index is -0.0774. The van der Waals surface area contributed by atoms with Gasteiger partial charge < -0.3 is 9.47 Å². The molecule has 7 heteroatoms. The van der Waals surface area contributed by atoms with E-state index in [9.17, 15) is 4.79 Å². The van der Waals surface area contributed by atoms with E-state index in [1.807, 2.05) is 0 Å². The fraction of sp³-hybridized carbons (Fsp3) is 0.529. The molecule has 0 radical (unpaired) electrons. The second-order valence-corrected chi connectivity index (χ2v) is 6.83. The number of nitrogens with zero attached hydrogens (tertiary/aromatic N) is 6. The summed E-state index contributed by atoms with van der Waals surface area (Å²) in [7, 11) is 3.86. The highest BCUT2D eigenvalue weighted by Crippen LogP contribution is 2.26. The monoisotopic (exact) mass is 326 g/mol. The zero-order chi connectivity index (χ0) is 16.7. The maximum absolute atomic E-state index is 11.4. The molecular formula is C17H22N6O. The number of hydrogen-bond donors (Lipinski definition) is 0. The first-order valence-corrected chi connectivity index (χ1v) is 8.42. The van der Waals surface area contributed by atoms with Crippen LogP contribution in [0.15, 0.2) is 23.3 Å². The van der Waals surface area contributed by atoms with Gasteiger partial charge in [0.05, 0.1) is 17.6 Å². The molecule has 1 fully saturated rings. The summed E-state index contributed by atoms with van der Waals surface area (Å²) in [6.45, 7) is 2.65. The summed E-state index contributed by atoms with van der Waals surface area (Å²) in [5.41, 5.74) is 3.38. The van der Waals surface area contributed by atoms with Crippen molar-refractivity contribution < 1.29 is 0 Å². The smallest absolute Gasteiger partial charge is 0.268 e.